The van der Waals surface area contributed by atoms with E-state index in [0.717, 1.165) is 42.5 Å². The molecule has 1 aliphatic heterocycles. The van der Waals surface area contributed by atoms with Gasteiger partial charge < -0.3 is 15.0 Å². The van der Waals surface area contributed by atoms with Gasteiger partial charge in [0.05, 0.1) is 19.0 Å². The maximum absolute atomic E-state index is 12.5. The normalized spacial score (nSPS) is 23.6. The number of amides is 1. The fourth-order valence-electron chi connectivity index (χ4n) is 4.51. The predicted molar refractivity (Wildman–Crippen MR) is 108 cm³/mol. The van der Waals surface area contributed by atoms with Crippen molar-refractivity contribution in [2.45, 2.75) is 19.3 Å². The van der Waals surface area contributed by atoms with Crippen LogP contribution in [0.3, 0.4) is 0 Å². The van der Waals surface area contributed by atoms with Crippen LogP contribution < -0.4 is 10.2 Å². The van der Waals surface area contributed by atoms with Gasteiger partial charge in [-0.15, -0.1) is 0 Å². The molecule has 148 valence electrons. The van der Waals surface area contributed by atoms with Gasteiger partial charge in [-0.25, -0.2) is 0 Å². The van der Waals surface area contributed by atoms with Crippen LogP contribution in [0.15, 0.2) is 30.5 Å². The lowest BCUT2D eigenvalue weighted by molar-refractivity contribution is -0.140. The standard InChI is InChI=1S/C21H24ClN3O3/c1-28-20(26)5-8-24-21(27)16-10-13-6-9-25(12-17(13)16)19-4-7-23-18-11-14(22)2-3-15(18)19/h2-4,7,11,13,16-17H,5-6,8-10,12H2,1H3,(H,24,27)/t13-,16-,17-/m1/s1. The molecule has 2 heterocycles. The summed E-state index contributed by atoms with van der Waals surface area (Å²) in [5, 5.41) is 4.66. The van der Waals surface area contributed by atoms with Crippen molar-refractivity contribution in [2.75, 3.05) is 31.6 Å². The van der Waals surface area contributed by atoms with E-state index in [2.05, 4.69) is 19.9 Å². The zero-order valence-corrected chi connectivity index (χ0v) is 16.6. The SMILES string of the molecule is COC(=O)CCNC(=O)[C@@H]1C[C@H]2CCN(c3ccnc4cc(Cl)ccc34)C[C@H]21. The van der Waals surface area contributed by atoms with Gasteiger partial charge in [0.2, 0.25) is 5.91 Å². The summed E-state index contributed by atoms with van der Waals surface area (Å²) in [6.45, 7) is 2.18. The van der Waals surface area contributed by atoms with Gasteiger partial charge in [0.1, 0.15) is 0 Å². The molecule has 1 aromatic carbocycles. The Labute approximate surface area is 169 Å². The van der Waals surface area contributed by atoms with Crippen LogP contribution in [0, 0.1) is 17.8 Å². The zero-order chi connectivity index (χ0) is 19.7. The summed E-state index contributed by atoms with van der Waals surface area (Å²) >= 11 is 6.11. The summed E-state index contributed by atoms with van der Waals surface area (Å²) < 4.78 is 4.61. The third-order valence-corrected chi connectivity index (χ3v) is 6.33. The van der Waals surface area contributed by atoms with E-state index in [4.69, 9.17) is 11.6 Å². The molecule has 0 radical (unpaired) electrons. The largest absolute Gasteiger partial charge is 0.469 e. The Bertz CT molecular complexity index is 904. The maximum atomic E-state index is 12.5. The van der Waals surface area contributed by atoms with Crippen molar-refractivity contribution < 1.29 is 14.3 Å². The molecule has 1 aromatic heterocycles. The van der Waals surface area contributed by atoms with Crippen molar-refractivity contribution in [3.05, 3.63) is 35.5 Å². The lowest BCUT2D eigenvalue weighted by Gasteiger charge is -2.51. The summed E-state index contributed by atoms with van der Waals surface area (Å²) in [6, 6.07) is 7.83. The highest BCUT2D eigenvalue weighted by atomic mass is 35.5. The Kier molecular flexibility index (Phi) is 5.40. The van der Waals surface area contributed by atoms with Crippen LogP contribution in [-0.2, 0) is 14.3 Å². The fourth-order valence-corrected chi connectivity index (χ4v) is 4.67. The second-order valence-electron chi connectivity index (χ2n) is 7.61. The van der Waals surface area contributed by atoms with Gasteiger partial charge in [-0.05, 0) is 48.9 Å². The zero-order valence-electron chi connectivity index (χ0n) is 15.9. The Hall–Kier alpha value is -2.34. The second-order valence-corrected chi connectivity index (χ2v) is 8.05. The van der Waals surface area contributed by atoms with E-state index in [0.29, 0.717) is 23.4 Å². The Morgan fingerprint density at radius 1 is 1.36 bits per heavy atom. The number of carbonyl (C=O) groups is 2. The first kappa shape index (κ1) is 19.0. The van der Waals surface area contributed by atoms with Gasteiger partial charge in [-0.3, -0.25) is 14.6 Å². The first-order chi connectivity index (χ1) is 13.6. The van der Waals surface area contributed by atoms with Crippen LogP contribution in [0.5, 0.6) is 0 Å². The molecule has 0 bridgehead atoms. The van der Waals surface area contributed by atoms with Crippen molar-refractivity contribution in [1.29, 1.82) is 0 Å². The van der Waals surface area contributed by atoms with Crippen molar-refractivity contribution in [3.63, 3.8) is 0 Å². The van der Waals surface area contributed by atoms with E-state index in [-0.39, 0.29) is 24.2 Å². The predicted octanol–water partition coefficient (Wildman–Crippen LogP) is 3.03. The molecule has 28 heavy (non-hydrogen) atoms. The number of methoxy groups -OCH3 is 1. The minimum absolute atomic E-state index is 0.0213. The number of fused-ring (bicyclic) bond motifs is 2. The van der Waals surface area contributed by atoms with E-state index >= 15 is 0 Å². The minimum Gasteiger partial charge on any atom is -0.469 e. The van der Waals surface area contributed by atoms with Crippen molar-refractivity contribution in [2.24, 2.45) is 17.8 Å². The third-order valence-electron chi connectivity index (χ3n) is 6.10. The molecule has 1 N–H and O–H groups in total. The molecule has 1 amide bonds. The van der Waals surface area contributed by atoms with Gasteiger partial charge in [0.15, 0.2) is 0 Å². The van der Waals surface area contributed by atoms with Crippen LogP contribution in [0.2, 0.25) is 5.02 Å². The highest BCUT2D eigenvalue weighted by Crippen LogP contribution is 2.47. The number of piperidine rings is 1. The van der Waals surface area contributed by atoms with Crippen LogP contribution in [0.25, 0.3) is 10.9 Å². The van der Waals surface area contributed by atoms with Crippen molar-refractivity contribution >= 4 is 40.1 Å². The van der Waals surface area contributed by atoms with Crippen molar-refractivity contribution in [3.8, 4) is 0 Å². The Balaban J connectivity index is 1.43. The molecule has 7 heteroatoms. The number of carbonyl (C=O) groups excluding carboxylic acids is 2. The number of pyridine rings is 1. The minimum atomic E-state index is -0.305. The van der Waals surface area contributed by atoms with E-state index in [1.165, 1.54) is 7.11 Å². The third kappa shape index (κ3) is 3.65. The molecule has 0 unspecified atom stereocenters. The van der Waals surface area contributed by atoms with Crippen molar-refractivity contribution in [1.82, 2.24) is 10.3 Å². The lowest BCUT2D eigenvalue weighted by atomic mass is 9.61. The lowest BCUT2D eigenvalue weighted by Crippen LogP contribution is -2.55. The fraction of sp³-hybridized carbons (Fsp3) is 0.476. The number of hydrogen-bond acceptors (Lipinski definition) is 5. The Morgan fingerprint density at radius 2 is 2.21 bits per heavy atom. The number of benzene rings is 1. The van der Waals surface area contributed by atoms with Gasteiger partial charge in [0.25, 0.3) is 0 Å². The number of rotatable bonds is 5. The topological polar surface area (TPSA) is 71.5 Å². The van der Waals surface area contributed by atoms with Crippen LogP contribution in [0.1, 0.15) is 19.3 Å². The number of anilines is 1. The molecule has 2 aliphatic rings. The summed E-state index contributed by atoms with van der Waals surface area (Å²) in [5.74, 6) is 0.726. The molecule has 1 saturated heterocycles. The first-order valence-electron chi connectivity index (χ1n) is 9.70. The van der Waals surface area contributed by atoms with Crippen LogP contribution in [-0.4, -0.2) is 43.6 Å². The van der Waals surface area contributed by atoms with Crippen LogP contribution in [0.4, 0.5) is 5.69 Å². The highest BCUT2D eigenvalue weighted by Gasteiger charge is 2.47. The molecule has 1 aliphatic carbocycles. The number of ether oxygens (including phenoxy) is 1. The molecule has 0 spiro atoms. The number of nitrogens with zero attached hydrogens (tertiary/aromatic N) is 2. The highest BCUT2D eigenvalue weighted by molar-refractivity contribution is 6.31. The van der Waals surface area contributed by atoms with E-state index in [1.54, 1.807) is 0 Å². The van der Waals surface area contributed by atoms with E-state index < -0.39 is 0 Å². The maximum Gasteiger partial charge on any atom is 0.307 e. The smallest absolute Gasteiger partial charge is 0.307 e. The van der Waals surface area contributed by atoms with Gasteiger partial charge >= 0.3 is 5.97 Å². The summed E-state index contributed by atoms with van der Waals surface area (Å²) in [7, 11) is 1.36. The monoisotopic (exact) mass is 401 g/mol. The second kappa shape index (κ2) is 7.95. The summed E-state index contributed by atoms with van der Waals surface area (Å²) in [6.07, 6.45) is 4.06. The molecular formula is C21H24ClN3O3. The van der Waals surface area contributed by atoms with Gasteiger partial charge in [-0.1, -0.05) is 11.6 Å². The van der Waals surface area contributed by atoms with E-state index in [1.807, 2.05) is 30.5 Å². The van der Waals surface area contributed by atoms with Gasteiger partial charge in [-0.2, -0.15) is 0 Å². The summed E-state index contributed by atoms with van der Waals surface area (Å²) in [4.78, 5) is 30.5. The molecule has 6 nitrogen and oxygen atoms in total. The van der Waals surface area contributed by atoms with E-state index in [9.17, 15) is 9.59 Å². The van der Waals surface area contributed by atoms with Gasteiger partial charge in [0, 0.05) is 47.8 Å². The summed E-state index contributed by atoms with van der Waals surface area (Å²) in [5.41, 5.74) is 2.04. The molecule has 2 aromatic rings. The average Bonchev–Trinajstić information content (AvgIpc) is 2.68. The quantitative estimate of drug-likeness (QED) is 0.780. The number of halogens is 1. The number of esters is 1. The first-order valence-corrected chi connectivity index (χ1v) is 10.1. The molecular weight excluding hydrogens is 378 g/mol. The molecule has 3 atom stereocenters. The molecule has 4 rings (SSSR count). The number of aromatic nitrogens is 1. The molecule has 1 saturated carbocycles. The van der Waals surface area contributed by atoms with Crippen LogP contribution >= 0.6 is 11.6 Å². The number of hydrogen-bond donors (Lipinski definition) is 1. The average molecular weight is 402 g/mol. The number of nitrogens with one attached hydrogen (secondary N) is 1. The Morgan fingerprint density at radius 3 is 3.04 bits per heavy atom. The molecule has 2 fully saturated rings.